The summed E-state index contributed by atoms with van der Waals surface area (Å²) >= 11 is 0. The lowest BCUT2D eigenvalue weighted by Gasteiger charge is -2.09. The number of para-hydroxylation sites is 1. The van der Waals surface area contributed by atoms with E-state index in [9.17, 15) is 4.79 Å². The second-order valence-corrected chi connectivity index (χ2v) is 3.83. The Balaban J connectivity index is 2.25. The summed E-state index contributed by atoms with van der Waals surface area (Å²) in [6, 6.07) is 6.58. The number of ether oxygens (including phenoxy) is 1. The Kier molecular flexibility index (Phi) is 6.83. The standard InChI is InChI=1S/C13H19NO4/c15-9-4-3-7-14-8-10-18-12-6-2-1-5-11(12)13(16)17/h1-2,5-6,14-15H,3-4,7-10H2,(H,16,17). The normalized spacial score (nSPS) is 10.3. The number of hydrogen-bond acceptors (Lipinski definition) is 4. The van der Waals surface area contributed by atoms with Gasteiger partial charge in [0.15, 0.2) is 0 Å². The maximum Gasteiger partial charge on any atom is 0.339 e. The van der Waals surface area contributed by atoms with E-state index in [1.165, 1.54) is 6.07 Å². The predicted molar refractivity (Wildman–Crippen MR) is 68.1 cm³/mol. The van der Waals surface area contributed by atoms with Crippen molar-refractivity contribution in [3.05, 3.63) is 29.8 Å². The molecule has 18 heavy (non-hydrogen) atoms. The number of benzene rings is 1. The van der Waals surface area contributed by atoms with Gasteiger partial charge in [0, 0.05) is 13.2 Å². The summed E-state index contributed by atoms with van der Waals surface area (Å²) in [5.74, 6) is -0.594. The highest BCUT2D eigenvalue weighted by atomic mass is 16.5. The summed E-state index contributed by atoms with van der Waals surface area (Å²) in [5, 5.41) is 20.7. The maximum atomic E-state index is 10.9. The summed E-state index contributed by atoms with van der Waals surface area (Å²) in [6.07, 6.45) is 1.71. The molecule has 0 heterocycles. The molecule has 0 unspecified atom stereocenters. The van der Waals surface area contributed by atoms with Gasteiger partial charge in [-0.1, -0.05) is 12.1 Å². The van der Waals surface area contributed by atoms with Crippen molar-refractivity contribution in [3.8, 4) is 5.75 Å². The van der Waals surface area contributed by atoms with E-state index in [1.54, 1.807) is 18.2 Å². The zero-order valence-corrected chi connectivity index (χ0v) is 10.3. The van der Waals surface area contributed by atoms with Gasteiger partial charge < -0.3 is 20.3 Å². The SMILES string of the molecule is O=C(O)c1ccccc1OCCNCCCCO. The van der Waals surface area contributed by atoms with Crippen LogP contribution in [0, 0.1) is 0 Å². The largest absolute Gasteiger partial charge is 0.491 e. The van der Waals surface area contributed by atoms with Crippen LogP contribution in [0.1, 0.15) is 23.2 Å². The van der Waals surface area contributed by atoms with Crippen LogP contribution < -0.4 is 10.1 Å². The number of unbranched alkanes of at least 4 members (excludes halogenated alkanes) is 1. The monoisotopic (exact) mass is 253 g/mol. The molecule has 0 spiro atoms. The number of aliphatic hydroxyl groups is 1. The van der Waals surface area contributed by atoms with Crippen molar-refractivity contribution in [1.29, 1.82) is 0 Å². The first-order valence-corrected chi connectivity index (χ1v) is 6.02. The van der Waals surface area contributed by atoms with Gasteiger partial charge in [-0.15, -0.1) is 0 Å². The molecule has 0 aliphatic carbocycles. The molecular formula is C13H19NO4. The Labute approximate surface area is 106 Å². The van der Waals surface area contributed by atoms with Gasteiger partial charge >= 0.3 is 5.97 Å². The third kappa shape index (κ3) is 5.16. The van der Waals surface area contributed by atoms with Crippen LogP contribution in [0.4, 0.5) is 0 Å². The fraction of sp³-hybridized carbons (Fsp3) is 0.462. The zero-order valence-electron chi connectivity index (χ0n) is 10.3. The van der Waals surface area contributed by atoms with Crippen molar-refractivity contribution < 1.29 is 19.7 Å². The summed E-state index contributed by atoms with van der Waals surface area (Å²) in [7, 11) is 0. The minimum absolute atomic E-state index is 0.179. The van der Waals surface area contributed by atoms with Gasteiger partial charge in [0.25, 0.3) is 0 Å². The molecule has 5 heteroatoms. The molecule has 0 aliphatic rings. The van der Waals surface area contributed by atoms with Gasteiger partial charge in [0.1, 0.15) is 17.9 Å². The van der Waals surface area contributed by atoms with Gasteiger partial charge in [0.05, 0.1) is 0 Å². The summed E-state index contributed by atoms with van der Waals surface area (Å²) < 4.78 is 5.41. The fourth-order valence-electron chi connectivity index (χ4n) is 1.49. The third-order valence-corrected chi connectivity index (χ3v) is 2.42. The number of rotatable bonds is 9. The molecule has 0 aromatic heterocycles. The molecule has 5 nitrogen and oxygen atoms in total. The highest BCUT2D eigenvalue weighted by Gasteiger charge is 2.09. The smallest absolute Gasteiger partial charge is 0.339 e. The molecule has 0 saturated carbocycles. The maximum absolute atomic E-state index is 10.9. The topological polar surface area (TPSA) is 78.8 Å². The van der Waals surface area contributed by atoms with Crippen LogP contribution in [0.2, 0.25) is 0 Å². The fourth-order valence-corrected chi connectivity index (χ4v) is 1.49. The van der Waals surface area contributed by atoms with Crippen molar-refractivity contribution in [2.24, 2.45) is 0 Å². The Morgan fingerprint density at radius 2 is 2.00 bits per heavy atom. The number of carboxylic acids is 1. The lowest BCUT2D eigenvalue weighted by atomic mass is 10.2. The van der Waals surface area contributed by atoms with E-state index < -0.39 is 5.97 Å². The first-order chi connectivity index (χ1) is 8.75. The third-order valence-electron chi connectivity index (χ3n) is 2.42. The van der Waals surface area contributed by atoms with Crippen LogP contribution in [-0.4, -0.2) is 42.5 Å². The Bertz CT molecular complexity index is 368. The van der Waals surface area contributed by atoms with Crippen molar-refractivity contribution in [1.82, 2.24) is 5.32 Å². The second kappa shape index (κ2) is 8.49. The van der Waals surface area contributed by atoms with Crippen LogP contribution in [0.5, 0.6) is 5.75 Å². The Hall–Kier alpha value is -1.59. The molecule has 0 amide bonds. The van der Waals surface area contributed by atoms with Gasteiger partial charge in [-0.3, -0.25) is 0 Å². The van der Waals surface area contributed by atoms with E-state index in [0.29, 0.717) is 18.9 Å². The van der Waals surface area contributed by atoms with E-state index >= 15 is 0 Å². The molecular weight excluding hydrogens is 234 g/mol. The van der Waals surface area contributed by atoms with Gasteiger partial charge in [-0.25, -0.2) is 4.79 Å². The van der Waals surface area contributed by atoms with Crippen LogP contribution >= 0.6 is 0 Å². The molecule has 3 N–H and O–H groups in total. The van der Waals surface area contributed by atoms with Crippen LogP contribution in [0.15, 0.2) is 24.3 Å². The molecule has 1 aromatic rings. The van der Waals surface area contributed by atoms with Gasteiger partial charge in [-0.2, -0.15) is 0 Å². The van der Waals surface area contributed by atoms with E-state index in [2.05, 4.69) is 5.32 Å². The van der Waals surface area contributed by atoms with E-state index in [1.807, 2.05) is 0 Å². The number of carboxylic acid groups (broad SMARTS) is 1. The summed E-state index contributed by atoms with van der Waals surface area (Å²) in [4.78, 5) is 10.9. The summed E-state index contributed by atoms with van der Waals surface area (Å²) in [5.41, 5.74) is 0.179. The molecule has 0 atom stereocenters. The minimum atomic E-state index is -0.985. The molecule has 0 saturated heterocycles. The van der Waals surface area contributed by atoms with Crippen LogP contribution in [-0.2, 0) is 0 Å². The molecule has 0 bridgehead atoms. The average molecular weight is 253 g/mol. The highest BCUT2D eigenvalue weighted by molar-refractivity contribution is 5.90. The number of aromatic carboxylic acids is 1. The Morgan fingerprint density at radius 1 is 1.22 bits per heavy atom. The van der Waals surface area contributed by atoms with Crippen LogP contribution in [0.3, 0.4) is 0 Å². The molecule has 1 aromatic carbocycles. The molecule has 1 rings (SSSR count). The first-order valence-electron chi connectivity index (χ1n) is 6.02. The predicted octanol–water partition coefficient (Wildman–Crippen LogP) is 1.13. The van der Waals surface area contributed by atoms with Crippen molar-refractivity contribution in [2.45, 2.75) is 12.8 Å². The van der Waals surface area contributed by atoms with Crippen molar-refractivity contribution in [3.63, 3.8) is 0 Å². The zero-order chi connectivity index (χ0) is 13.2. The quantitative estimate of drug-likeness (QED) is 0.575. The molecule has 100 valence electrons. The Morgan fingerprint density at radius 3 is 2.72 bits per heavy atom. The van der Waals surface area contributed by atoms with Gasteiger partial charge in [0.2, 0.25) is 0 Å². The van der Waals surface area contributed by atoms with Gasteiger partial charge in [-0.05, 0) is 31.5 Å². The number of carbonyl (C=O) groups is 1. The van der Waals surface area contributed by atoms with E-state index in [-0.39, 0.29) is 12.2 Å². The van der Waals surface area contributed by atoms with E-state index in [0.717, 1.165) is 19.4 Å². The number of aliphatic hydroxyl groups excluding tert-OH is 1. The lowest BCUT2D eigenvalue weighted by Crippen LogP contribution is -2.22. The van der Waals surface area contributed by atoms with E-state index in [4.69, 9.17) is 14.9 Å². The average Bonchev–Trinajstić information content (AvgIpc) is 2.38. The van der Waals surface area contributed by atoms with Crippen LogP contribution in [0.25, 0.3) is 0 Å². The molecule has 0 fully saturated rings. The summed E-state index contributed by atoms with van der Waals surface area (Å²) in [6.45, 7) is 2.11. The lowest BCUT2D eigenvalue weighted by molar-refractivity contribution is 0.0692. The number of nitrogens with one attached hydrogen (secondary N) is 1. The minimum Gasteiger partial charge on any atom is -0.491 e. The molecule has 0 radical (unpaired) electrons. The highest BCUT2D eigenvalue weighted by Crippen LogP contribution is 2.17. The second-order valence-electron chi connectivity index (χ2n) is 3.83. The van der Waals surface area contributed by atoms with Crippen molar-refractivity contribution >= 4 is 5.97 Å². The number of hydrogen-bond donors (Lipinski definition) is 3. The molecule has 0 aliphatic heterocycles. The first kappa shape index (κ1) is 14.5. The van der Waals surface area contributed by atoms with Crippen molar-refractivity contribution in [2.75, 3.05) is 26.3 Å².